The first-order valence-electron chi connectivity index (χ1n) is 11.9. The van der Waals surface area contributed by atoms with Crippen LogP contribution in [0.2, 0.25) is 0 Å². The van der Waals surface area contributed by atoms with E-state index in [1.165, 1.54) is 11.3 Å². The lowest BCUT2D eigenvalue weighted by Gasteiger charge is -2.45. The van der Waals surface area contributed by atoms with E-state index in [1.807, 2.05) is 39.0 Å². The van der Waals surface area contributed by atoms with E-state index in [9.17, 15) is 14.4 Å². The van der Waals surface area contributed by atoms with Crippen molar-refractivity contribution in [3.8, 4) is 0 Å². The molecule has 0 aromatic heterocycles. The number of nitrogens with one attached hydrogen (secondary N) is 1. The molecule has 2 aliphatic heterocycles. The molecule has 2 aliphatic rings. The average molecular weight is 492 g/mol. The summed E-state index contributed by atoms with van der Waals surface area (Å²) < 4.78 is 0. The first kappa shape index (κ1) is 25.0. The highest BCUT2D eigenvalue weighted by atomic mass is 32.2. The molecule has 0 bridgehead atoms. The van der Waals surface area contributed by atoms with E-state index >= 15 is 0 Å². The summed E-state index contributed by atoms with van der Waals surface area (Å²) in [5.74, 6) is -0.447. The number of anilines is 2. The van der Waals surface area contributed by atoms with Crippen LogP contribution in [0.3, 0.4) is 0 Å². The molecule has 4 rings (SSSR count). The fraction of sp³-hybridized carbons (Fsp3) is 0.393. The predicted octanol–water partition coefficient (Wildman–Crippen LogP) is 6.01. The molecule has 0 aliphatic carbocycles. The average Bonchev–Trinajstić information content (AvgIpc) is 3.02. The van der Waals surface area contributed by atoms with E-state index in [2.05, 4.69) is 50.2 Å². The zero-order chi connectivity index (χ0) is 25.7. The summed E-state index contributed by atoms with van der Waals surface area (Å²) in [4.78, 5) is 41.9. The summed E-state index contributed by atoms with van der Waals surface area (Å²) in [5, 5.41) is 2.38. The number of hydrogen-bond donors (Lipinski definition) is 1. The summed E-state index contributed by atoms with van der Waals surface area (Å²) >= 11 is 0.885. The first-order chi connectivity index (χ1) is 16.4. The zero-order valence-electron chi connectivity index (χ0n) is 21.5. The Morgan fingerprint density at radius 3 is 2.54 bits per heavy atom. The molecule has 1 saturated heterocycles. The Bertz CT molecular complexity index is 1260. The van der Waals surface area contributed by atoms with E-state index in [0.717, 1.165) is 45.3 Å². The summed E-state index contributed by atoms with van der Waals surface area (Å²) in [5.41, 5.74) is 7.19. The van der Waals surface area contributed by atoms with Crippen molar-refractivity contribution < 1.29 is 14.4 Å². The Morgan fingerprint density at radius 2 is 1.86 bits per heavy atom. The lowest BCUT2D eigenvalue weighted by molar-refractivity contribution is -0.127. The minimum atomic E-state index is -0.431. The molecule has 1 N–H and O–H groups in total. The van der Waals surface area contributed by atoms with Crippen molar-refractivity contribution in [1.29, 1.82) is 0 Å². The molecule has 2 aromatic carbocycles. The molecule has 0 saturated carbocycles. The Hall–Kier alpha value is -3.06. The van der Waals surface area contributed by atoms with Crippen LogP contribution < -0.4 is 10.2 Å². The maximum atomic E-state index is 13.0. The quantitative estimate of drug-likeness (QED) is 0.531. The largest absolute Gasteiger partial charge is 0.369 e. The number of amides is 3. The smallest absolute Gasteiger partial charge is 0.294 e. The van der Waals surface area contributed by atoms with Gasteiger partial charge in [-0.2, -0.15) is 0 Å². The highest BCUT2D eigenvalue weighted by molar-refractivity contribution is 8.18. The first-order valence-corrected chi connectivity index (χ1v) is 12.7. The molecule has 6 nitrogen and oxygen atoms in total. The monoisotopic (exact) mass is 491 g/mol. The van der Waals surface area contributed by atoms with Gasteiger partial charge in [-0.1, -0.05) is 24.6 Å². The number of benzene rings is 2. The number of fused-ring (bicyclic) bond motifs is 1. The Balaban J connectivity index is 1.54. The number of imide groups is 1. The van der Waals surface area contributed by atoms with Crippen molar-refractivity contribution in [3.63, 3.8) is 0 Å². The van der Waals surface area contributed by atoms with E-state index < -0.39 is 17.1 Å². The van der Waals surface area contributed by atoms with Crippen LogP contribution in [-0.4, -0.2) is 41.1 Å². The van der Waals surface area contributed by atoms with Gasteiger partial charge in [-0.15, -0.1) is 0 Å². The normalized spacial score (nSPS) is 20.4. The van der Waals surface area contributed by atoms with Crippen LogP contribution >= 0.6 is 11.8 Å². The van der Waals surface area contributed by atoms with Gasteiger partial charge < -0.3 is 10.2 Å². The van der Waals surface area contributed by atoms with Crippen LogP contribution in [0.1, 0.15) is 60.9 Å². The zero-order valence-corrected chi connectivity index (χ0v) is 22.3. The molecule has 1 atom stereocenters. The highest BCUT2D eigenvalue weighted by Gasteiger charge is 2.37. The topological polar surface area (TPSA) is 69.7 Å². The van der Waals surface area contributed by atoms with Gasteiger partial charge >= 0.3 is 0 Å². The van der Waals surface area contributed by atoms with Gasteiger partial charge in [0.05, 0.1) is 4.91 Å². The molecule has 0 radical (unpaired) electrons. The number of hydrogen-bond acceptors (Lipinski definition) is 5. The molecule has 1 fully saturated rings. The van der Waals surface area contributed by atoms with Crippen molar-refractivity contribution in [2.75, 3.05) is 23.8 Å². The van der Waals surface area contributed by atoms with Crippen molar-refractivity contribution >= 4 is 46.3 Å². The van der Waals surface area contributed by atoms with Crippen LogP contribution in [0, 0.1) is 20.8 Å². The van der Waals surface area contributed by atoms with Crippen LogP contribution in [0.4, 0.5) is 16.2 Å². The highest BCUT2D eigenvalue weighted by Crippen LogP contribution is 2.44. The summed E-state index contributed by atoms with van der Waals surface area (Å²) in [6.07, 6.45) is 2.82. The van der Waals surface area contributed by atoms with Gasteiger partial charge in [0.2, 0.25) is 5.91 Å². The number of nitrogens with zero attached hydrogens (tertiary/aromatic N) is 2. The van der Waals surface area contributed by atoms with Crippen LogP contribution in [0.15, 0.2) is 35.2 Å². The lowest BCUT2D eigenvalue weighted by atomic mass is 9.79. The lowest BCUT2D eigenvalue weighted by Crippen LogP contribution is -2.45. The molecular weight excluding hydrogens is 458 g/mol. The molecule has 184 valence electrons. The second-order valence-electron chi connectivity index (χ2n) is 10.4. The van der Waals surface area contributed by atoms with Gasteiger partial charge in [0.15, 0.2) is 0 Å². The third kappa shape index (κ3) is 4.87. The van der Waals surface area contributed by atoms with Crippen molar-refractivity contribution in [2.24, 2.45) is 0 Å². The van der Waals surface area contributed by atoms with Crippen LogP contribution in [-0.2, 0) is 9.59 Å². The Labute approximate surface area is 211 Å². The van der Waals surface area contributed by atoms with E-state index in [0.29, 0.717) is 16.5 Å². The number of carbonyl (C=O) groups is 3. The molecular formula is C28H33N3O3S. The van der Waals surface area contributed by atoms with Crippen molar-refractivity contribution in [1.82, 2.24) is 4.90 Å². The van der Waals surface area contributed by atoms with E-state index in [1.54, 1.807) is 6.08 Å². The van der Waals surface area contributed by atoms with Gasteiger partial charge in [0, 0.05) is 24.0 Å². The number of thioether (sulfide) groups is 1. The maximum Gasteiger partial charge on any atom is 0.294 e. The second-order valence-corrected chi connectivity index (χ2v) is 11.4. The molecule has 0 spiro atoms. The SMILES string of the molecule is Cc1ccc(NC(=O)CN2C(=O)S/C(=C/c3cc4c(cc3C)N(C)C(C)(C)CC4C)C2=O)c(C)c1. The van der Waals surface area contributed by atoms with Gasteiger partial charge in [-0.25, -0.2) is 0 Å². The number of aryl methyl sites for hydroxylation is 3. The number of carbonyl (C=O) groups excluding carboxylic acids is 3. The van der Waals surface area contributed by atoms with Crippen LogP contribution in [0.25, 0.3) is 6.08 Å². The van der Waals surface area contributed by atoms with Crippen molar-refractivity contribution in [2.45, 2.75) is 59.4 Å². The van der Waals surface area contributed by atoms with Gasteiger partial charge in [-0.3, -0.25) is 19.3 Å². The number of rotatable bonds is 4. The Kier molecular flexibility index (Phi) is 6.58. The molecule has 7 heteroatoms. The van der Waals surface area contributed by atoms with Gasteiger partial charge in [0.25, 0.3) is 11.1 Å². The van der Waals surface area contributed by atoms with Gasteiger partial charge in [-0.05, 0) is 105 Å². The summed E-state index contributed by atoms with van der Waals surface area (Å²) in [6.45, 7) is 12.3. The molecule has 35 heavy (non-hydrogen) atoms. The third-order valence-electron chi connectivity index (χ3n) is 7.14. The summed E-state index contributed by atoms with van der Waals surface area (Å²) in [7, 11) is 2.12. The minimum absolute atomic E-state index is 0.0702. The molecule has 1 unspecified atom stereocenters. The maximum absolute atomic E-state index is 13.0. The van der Waals surface area contributed by atoms with E-state index in [-0.39, 0.29) is 12.1 Å². The van der Waals surface area contributed by atoms with Crippen LogP contribution in [0.5, 0.6) is 0 Å². The molecule has 2 heterocycles. The predicted molar refractivity (Wildman–Crippen MR) is 144 cm³/mol. The minimum Gasteiger partial charge on any atom is -0.369 e. The Morgan fingerprint density at radius 1 is 1.14 bits per heavy atom. The fourth-order valence-electron chi connectivity index (χ4n) is 4.95. The molecule has 2 aromatic rings. The standard InChI is InChI=1S/C28H33N3O3S/c1-16-8-9-22(18(3)10-16)29-25(32)15-31-26(33)24(35-27(31)34)13-20-12-21-19(4)14-28(5,6)30(7)23(21)11-17(20)2/h8-13,19H,14-15H2,1-7H3,(H,29,32)/b24-13+. The third-order valence-corrected chi connectivity index (χ3v) is 8.05. The van der Waals surface area contributed by atoms with Gasteiger partial charge in [0.1, 0.15) is 6.54 Å². The van der Waals surface area contributed by atoms with Crippen molar-refractivity contribution in [3.05, 3.63) is 63.1 Å². The second kappa shape index (κ2) is 9.19. The summed E-state index contributed by atoms with van der Waals surface area (Å²) in [6, 6.07) is 10.0. The van der Waals surface area contributed by atoms with E-state index in [4.69, 9.17) is 0 Å². The molecule has 3 amide bonds. The fourth-order valence-corrected chi connectivity index (χ4v) is 5.78.